The molecule has 2 N–H and O–H groups in total. The highest BCUT2D eigenvalue weighted by atomic mass is 16.5. The Morgan fingerprint density at radius 3 is 2.73 bits per heavy atom. The molecule has 0 spiro atoms. The van der Waals surface area contributed by atoms with Gasteiger partial charge in [0.2, 0.25) is 5.91 Å². The molecule has 1 aliphatic rings. The smallest absolute Gasteiger partial charge is 0.272 e. The first-order chi connectivity index (χ1) is 12.4. The summed E-state index contributed by atoms with van der Waals surface area (Å²) in [4.78, 5) is 24.4. The van der Waals surface area contributed by atoms with Gasteiger partial charge in [-0.1, -0.05) is 19.8 Å². The molecule has 2 amide bonds. The zero-order chi connectivity index (χ0) is 19.1. The van der Waals surface area contributed by atoms with Gasteiger partial charge in [-0.25, -0.2) is 0 Å². The van der Waals surface area contributed by atoms with E-state index in [1.165, 1.54) is 0 Å². The topological polar surface area (TPSA) is 85.2 Å². The number of carbonyl (C=O) groups excluding carboxylic acids is 2. The normalized spacial score (nSPS) is 20.2. The van der Waals surface area contributed by atoms with E-state index in [9.17, 15) is 9.59 Å². The van der Waals surface area contributed by atoms with Crippen LogP contribution in [-0.2, 0) is 23.0 Å². The van der Waals surface area contributed by atoms with Crippen LogP contribution in [0.1, 0.15) is 62.6 Å². The maximum Gasteiger partial charge on any atom is 0.272 e. The summed E-state index contributed by atoms with van der Waals surface area (Å²) < 4.78 is 7.08. The maximum absolute atomic E-state index is 12.6. The SMILES string of the molecule is CCc1cc(C(=O)N[C@@H]2CCCC[C@@H]2CNC(=O)COC(C)C)nn1C. The molecular weight excluding hydrogens is 332 g/mol. The predicted molar refractivity (Wildman–Crippen MR) is 99.9 cm³/mol. The molecule has 1 aliphatic carbocycles. The molecule has 1 saturated carbocycles. The van der Waals surface area contributed by atoms with Crippen molar-refractivity contribution in [1.29, 1.82) is 0 Å². The maximum atomic E-state index is 12.6. The molecule has 7 nitrogen and oxygen atoms in total. The molecule has 1 fully saturated rings. The number of nitrogens with one attached hydrogen (secondary N) is 2. The zero-order valence-electron chi connectivity index (χ0n) is 16.4. The highest BCUT2D eigenvalue weighted by molar-refractivity contribution is 5.92. The molecule has 0 aromatic carbocycles. The third-order valence-corrected chi connectivity index (χ3v) is 4.91. The summed E-state index contributed by atoms with van der Waals surface area (Å²) in [5.41, 5.74) is 1.50. The van der Waals surface area contributed by atoms with E-state index in [4.69, 9.17) is 4.74 Å². The Morgan fingerprint density at radius 1 is 1.35 bits per heavy atom. The van der Waals surface area contributed by atoms with Crippen molar-refractivity contribution >= 4 is 11.8 Å². The van der Waals surface area contributed by atoms with Gasteiger partial charge in [0.05, 0.1) is 6.10 Å². The van der Waals surface area contributed by atoms with E-state index in [0.29, 0.717) is 12.2 Å². The molecule has 1 heterocycles. The second-order valence-electron chi connectivity index (χ2n) is 7.29. The summed E-state index contributed by atoms with van der Waals surface area (Å²) in [6.45, 7) is 6.49. The van der Waals surface area contributed by atoms with Gasteiger partial charge in [0.25, 0.3) is 5.91 Å². The molecular formula is C19H32N4O3. The molecule has 1 aromatic rings. The first-order valence-electron chi connectivity index (χ1n) is 9.62. The van der Waals surface area contributed by atoms with Crippen molar-refractivity contribution in [2.75, 3.05) is 13.2 Å². The molecule has 2 rings (SSSR count). The largest absolute Gasteiger partial charge is 0.369 e. The number of rotatable bonds is 8. The molecule has 0 radical (unpaired) electrons. The van der Waals surface area contributed by atoms with Gasteiger partial charge in [-0.3, -0.25) is 14.3 Å². The number of amides is 2. The highest BCUT2D eigenvalue weighted by Crippen LogP contribution is 2.24. The van der Waals surface area contributed by atoms with Crippen molar-refractivity contribution in [3.8, 4) is 0 Å². The van der Waals surface area contributed by atoms with Gasteiger partial charge in [-0.05, 0) is 45.1 Å². The van der Waals surface area contributed by atoms with Gasteiger partial charge in [0, 0.05) is 25.3 Å². The molecule has 146 valence electrons. The molecule has 0 saturated heterocycles. The fourth-order valence-electron chi connectivity index (χ4n) is 3.37. The lowest BCUT2D eigenvalue weighted by Gasteiger charge is -2.32. The van der Waals surface area contributed by atoms with E-state index < -0.39 is 0 Å². The van der Waals surface area contributed by atoms with Crippen LogP contribution in [0.4, 0.5) is 0 Å². The molecule has 1 aromatic heterocycles. The number of hydrogen-bond donors (Lipinski definition) is 2. The van der Waals surface area contributed by atoms with Crippen LogP contribution < -0.4 is 10.6 Å². The number of carbonyl (C=O) groups is 2. The summed E-state index contributed by atoms with van der Waals surface area (Å²) in [7, 11) is 1.85. The van der Waals surface area contributed by atoms with Gasteiger partial charge < -0.3 is 15.4 Å². The lowest BCUT2D eigenvalue weighted by Crippen LogP contribution is -2.47. The fraction of sp³-hybridized carbons (Fsp3) is 0.737. The van der Waals surface area contributed by atoms with Crippen molar-refractivity contribution in [1.82, 2.24) is 20.4 Å². The summed E-state index contributed by atoms with van der Waals surface area (Å²) >= 11 is 0. The summed E-state index contributed by atoms with van der Waals surface area (Å²) in [6.07, 6.45) is 5.02. The molecule has 0 unspecified atom stereocenters. The quantitative estimate of drug-likeness (QED) is 0.737. The Morgan fingerprint density at radius 2 is 2.08 bits per heavy atom. The van der Waals surface area contributed by atoms with Crippen LogP contribution in [-0.4, -0.2) is 46.9 Å². The van der Waals surface area contributed by atoms with E-state index in [-0.39, 0.29) is 36.5 Å². The minimum absolute atomic E-state index is 0.0360. The minimum atomic E-state index is -0.133. The number of hydrogen-bond acceptors (Lipinski definition) is 4. The number of ether oxygens (including phenoxy) is 1. The fourth-order valence-corrected chi connectivity index (χ4v) is 3.37. The molecule has 0 bridgehead atoms. The second kappa shape index (κ2) is 9.71. The Hall–Kier alpha value is -1.89. The van der Waals surface area contributed by atoms with E-state index in [0.717, 1.165) is 37.8 Å². The third kappa shape index (κ3) is 5.83. The first kappa shape index (κ1) is 20.4. The lowest BCUT2D eigenvalue weighted by molar-refractivity contribution is -0.127. The van der Waals surface area contributed by atoms with Crippen LogP contribution in [0.2, 0.25) is 0 Å². The van der Waals surface area contributed by atoms with Crippen molar-refractivity contribution in [3.05, 3.63) is 17.5 Å². The standard InChI is InChI=1S/C19H32N4O3/c1-5-15-10-17(22-23(15)4)19(25)21-16-9-7-6-8-14(16)11-20-18(24)12-26-13(2)3/h10,13-14,16H,5-9,11-12H2,1-4H3,(H,20,24)(H,21,25)/t14-,16-/m1/s1. The van der Waals surface area contributed by atoms with E-state index in [1.54, 1.807) is 4.68 Å². The monoisotopic (exact) mass is 364 g/mol. The number of aromatic nitrogens is 2. The van der Waals surface area contributed by atoms with Gasteiger partial charge in [-0.2, -0.15) is 5.10 Å². The molecule has 0 aliphatic heterocycles. The van der Waals surface area contributed by atoms with Crippen molar-refractivity contribution in [2.24, 2.45) is 13.0 Å². The van der Waals surface area contributed by atoms with Crippen LogP contribution >= 0.6 is 0 Å². The number of nitrogens with zero attached hydrogens (tertiary/aromatic N) is 2. The third-order valence-electron chi connectivity index (χ3n) is 4.91. The van der Waals surface area contributed by atoms with Crippen molar-refractivity contribution in [2.45, 2.75) is 65.0 Å². The van der Waals surface area contributed by atoms with E-state index in [1.807, 2.05) is 33.9 Å². The van der Waals surface area contributed by atoms with Crippen LogP contribution in [0.3, 0.4) is 0 Å². The van der Waals surface area contributed by atoms with E-state index in [2.05, 4.69) is 15.7 Å². The van der Waals surface area contributed by atoms with Crippen LogP contribution in [0.5, 0.6) is 0 Å². The van der Waals surface area contributed by atoms with Gasteiger partial charge >= 0.3 is 0 Å². The van der Waals surface area contributed by atoms with Gasteiger partial charge in [-0.15, -0.1) is 0 Å². The summed E-state index contributed by atoms with van der Waals surface area (Å²) in [5.74, 6) is 0.00314. The van der Waals surface area contributed by atoms with Crippen LogP contribution in [0.15, 0.2) is 6.07 Å². The average molecular weight is 364 g/mol. The first-order valence-corrected chi connectivity index (χ1v) is 9.62. The highest BCUT2D eigenvalue weighted by Gasteiger charge is 2.28. The van der Waals surface area contributed by atoms with Crippen LogP contribution in [0.25, 0.3) is 0 Å². The summed E-state index contributed by atoms with van der Waals surface area (Å²) in [6, 6.07) is 1.91. The number of aryl methyl sites for hydroxylation is 2. The lowest BCUT2D eigenvalue weighted by atomic mass is 9.84. The van der Waals surface area contributed by atoms with E-state index >= 15 is 0 Å². The van der Waals surface area contributed by atoms with Crippen LogP contribution in [0, 0.1) is 5.92 Å². The molecule has 26 heavy (non-hydrogen) atoms. The van der Waals surface area contributed by atoms with Gasteiger partial charge in [0.1, 0.15) is 12.3 Å². The Bertz CT molecular complexity index is 612. The van der Waals surface area contributed by atoms with Crippen molar-refractivity contribution in [3.63, 3.8) is 0 Å². The zero-order valence-corrected chi connectivity index (χ0v) is 16.4. The average Bonchev–Trinajstić information content (AvgIpc) is 3.00. The second-order valence-corrected chi connectivity index (χ2v) is 7.29. The minimum Gasteiger partial charge on any atom is -0.369 e. The Labute approximate surface area is 155 Å². The van der Waals surface area contributed by atoms with Gasteiger partial charge in [0.15, 0.2) is 0 Å². The van der Waals surface area contributed by atoms with Crippen molar-refractivity contribution < 1.29 is 14.3 Å². The Kier molecular flexibility index (Phi) is 7.63. The summed E-state index contributed by atoms with van der Waals surface area (Å²) in [5, 5.41) is 10.4. The molecule has 2 atom stereocenters. The Balaban J connectivity index is 1.89. The predicted octanol–water partition coefficient (Wildman–Crippen LogP) is 1.81. The molecule has 7 heteroatoms.